The highest BCUT2D eigenvalue weighted by Crippen LogP contribution is 2.29. The van der Waals surface area contributed by atoms with Crippen molar-refractivity contribution in [3.05, 3.63) is 111 Å². The summed E-state index contributed by atoms with van der Waals surface area (Å²) in [6.45, 7) is 0.602. The number of carbonyl (C=O) groups is 1. The number of nitro benzene ring substituents is 1. The Morgan fingerprint density at radius 2 is 1.70 bits per heavy atom. The molecule has 0 unspecified atom stereocenters. The van der Waals surface area contributed by atoms with Gasteiger partial charge in [0.25, 0.3) is 5.91 Å². The highest BCUT2D eigenvalue weighted by atomic mass is 16.6. The molecule has 0 saturated heterocycles. The van der Waals surface area contributed by atoms with E-state index in [1.807, 2.05) is 66.7 Å². The maximum atomic E-state index is 12.4. The second kappa shape index (κ2) is 11.8. The maximum absolute atomic E-state index is 12.4. The van der Waals surface area contributed by atoms with Crippen LogP contribution in [0.1, 0.15) is 23.1 Å². The molecule has 0 radical (unpaired) electrons. The van der Waals surface area contributed by atoms with Gasteiger partial charge < -0.3 is 10.1 Å². The van der Waals surface area contributed by atoms with Crippen LogP contribution in [0.3, 0.4) is 0 Å². The van der Waals surface area contributed by atoms with Gasteiger partial charge >= 0.3 is 5.69 Å². The number of nitrogens with one attached hydrogen (secondary N) is 1. The molecule has 0 heterocycles. The summed E-state index contributed by atoms with van der Waals surface area (Å²) >= 11 is 0. The highest BCUT2D eigenvalue weighted by molar-refractivity contribution is 6.01. The quantitative estimate of drug-likeness (QED) is 0.159. The van der Waals surface area contributed by atoms with Crippen LogP contribution in [-0.2, 0) is 17.8 Å². The molecule has 1 N–H and O–H groups in total. The van der Waals surface area contributed by atoms with Crippen molar-refractivity contribution in [2.75, 3.05) is 6.54 Å². The molecule has 0 aliphatic rings. The molecule has 0 aromatic heterocycles. The van der Waals surface area contributed by atoms with Gasteiger partial charge in [-0.2, -0.15) is 5.26 Å². The lowest BCUT2D eigenvalue weighted by Crippen LogP contribution is -2.25. The molecule has 0 saturated carbocycles. The van der Waals surface area contributed by atoms with Gasteiger partial charge in [0, 0.05) is 12.6 Å². The molecule has 3 aromatic rings. The molecule has 0 spiro atoms. The standard InChI is InChI=1S/C26H23N3O4/c27-18-23(26(30)28-15-7-12-20-8-3-1-4-9-20)16-22-13-14-25(24(17-22)29(31)32)33-19-21-10-5-2-6-11-21/h1-6,8-11,13-14,16-17H,7,12,15,19H2,(H,28,30)/b23-16-. The summed E-state index contributed by atoms with van der Waals surface area (Å²) in [5.74, 6) is -0.400. The Bertz CT molecular complexity index is 1170. The van der Waals surface area contributed by atoms with E-state index in [9.17, 15) is 20.2 Å². The predicted octanol–water partition coefficient (Wildman–Crippen LogP) is 4.83. The van der Waals surface area contributed by atoms with Gasteiger partial charge in [0.05, 0.1) is 4.92 Å². The minimum atomic E-state index is -0.548. The summed E-state index contributed by atoms with van der Waals surface area (Å²) in [4.78, 5) is 23.4. The topological polar surface area (TPSA) is 105 Å². The first-order chi connectivity index (χ1) is 16.1. The van der Waals surface area contributed by atoms with Gasteiger partial charge in [-0.1, -0.05) is 66.7 Å². The molecule has 0 aliphatic heterocycles. The van der Waals surface area contributed by atoms with Crippen molar-refractivity contribution >= 4 is 17.7 Å². The molecule has 3 aromatic carbocycles. The van der Waals surface area contributed by atoms with Gasteiger partial charge in [-0.15, -0.1) is 0 Å². The molecule has 33 heavy (non-hydrogen) atoms. The Labute approximate surface area is 192 Å². The molecule has 0 bridgehead atoms. The lowest BCUT2D eigenvalue weighted by Gasteiger charge is -2.08. The van der Waals surface area contributed by atoms with E-state index in [-0.39, 0.29) is 23.6 Å². The minimum Gasteiger partial charge on any atom is -0.482 e. The smallest absolute Gasteiger partial charge is 0.311 e. The third-order valence-corrected chi connectivity index (χ3v) is 4.86. The van der Waals surface area contributed by atoms with Gasteiger partial charge in [-0.25, -0.2) is 0 Å². The molecular formula is C26H23N3O4. The molecule has 1 amide bonds. The number of hydrogen-bond donors (Lipinski definition) is 1. The van der Waals surface area contributed by atoms with Crippen LogP contribution in [0.15, 0.2) is 84.4 Å². The number of ether oxygens (including phenoxy) is 1. The molecule has 7 heteroatoms. The first kappa shape index (κ1) is 23.2. The second-order valence-electron chi connectivity index (χ2n) is 7.27. The summed E-state index contributed by atoms with van der Waals surface area (Å²) in [6, 6.07) is 25.4. The van der Waals surface area contributed by atoms with Gasteiger partial charge in [0.1, 0.15) is 18.2 Å². The number of amides is 1. The van der Waals surface area contributed by atoms with Crippen molar-refractivity contribution in [3.8, 4) is 11.8 Å². The molecule has 0 aliphatic carbocycles. The minimum absolute atomic E-state index is 0.116. The second-order valence-corrected chi connectivity index (χ2v) is 7.27. The normalized spacial score (nSPS) is 10.8. The summed E-state index contributed by atoms with van der Waals surface area (Å²) in [7, 11) is 0. The van der Waals surface area contributed by atoms with Crippen LogP contribution in [0.25, 0.3) is 6.08 Å². The summed E-state index contributed by atoms with van der Waals surface area (Å²) in [5, 5.41) is 23.6. The molecular weight excluding hydrogens is 418 g/mol. The first-order valence-electron chi connectivity index (χ1n) is 10.5. The molecule has 0 fully saturated rings. The van der Waals surface area contributed by atoms with Crippen molar-refractivity contribution in [1.82, 2.24) is 5.32 Å². The van der Waals surface area contributed by atoms with E-state index in [0.717, 1.165) is 18.4 Å². The molecule has 3 rings (SSSR count). The third-order valence-electron chi connectivity index (χ3n) is 4.86. The van der Waals surface area contributed by atoms with E-state index in [4.69, 9.17) is 4.74 Å². The van der Waals surface area contributed by atoms with Gasteiger partial charge in [-0.05, 0) is 41.7 Å². The summed E-state index contributed by atoms with van der Waals surface area (Å²) in [5.41, 5.74) is 2.06. The van der Waals surface area contributed by atoms with E-state index in [0.29, 0.717) is 12.1 Å². The Morgan fingerprint density at radius 3 is 2.33 bits per heavy atom. The Morgan fingerprint density at radius 1 is 1.03 bits per heavy atom. The van der Waals surface area contributed by atoms with E-state index in [2.05, 4.69) is 5.32 Å². The SMILES string of the molecule is N#C/C(=C/c1ccc(OCc2ccccc2)c([N+](=O)[O-])c1)C(=O)NCCCc1ccccc1. The monoisotopic (exact) mass is 441 g/mol. The van der Waals surface area contributed by atoms with Crippen LogP contribution in [0.5, 0.6) is 5.75 Å². The van der Waals surface area contributed by atoms with E-state index in [1.165, 1.54) is 23.8 Å². The molecule has 7 nitrogen and oxygen atoms in total. The van der Waals surface area contributed by atoms with Crippen molar-refractivity contribution < 1.29 is 14.5 Å². The van der Waals surface area contributed by atoms with E-state index < -0.39 is 10.8 Å². The van der Waals surface area contributed by atoms with Gasteiger partial charge in [0.15, 0.2) is 5.75 Å². The van der Waals surface area contributed by atoms with Gasteiger partial charge in [-0.3, -0.25) is 14.9 Å². The van der Waals surface area contributed by atoms with Crippen LogP contribution in [-0.4, -0.2) is 17.4 Å². The largest absolute Gasteiger partial charge is 0.482 e. The number of nitriles is 1. The Kier molecular flexibility index (Phi) is 8.32. The van der Waals surface area contributed by atoms with Crippen LogP contribution in [0.4, 0.5) is 5.69 Å². The summed E-state index contributed by atoms with van der Waals surface area (Å²) in [6.07, 6.45) is 2.87. The molecule has 166 valence electrons. The predicted molar refractivity (Wildman–Crippen MR) is 125 cm³/mol. The van der Waals surface area contributed by atoms with Crippen LogP contribution < -0.4 is 10.1 Å². The molecule has 0 atom stereocenters. The summed E-state index contributed by atoms with van der Waals surface area (Å²) < 4.78 is 5.61. The fourth-order valence-corrected chi connectivity index (χ4v) is 3.17. The van der Waals surface area contributed by atoms with Crippen molar-refractivity contribution in [2.24, 2.45) is 0 Å². The average Bonchev–Trinajstić information content (AvgIpc) is 2.85. The van der Waals surface area contributed by atoms with Gasteiger partial charge in [0.2, 0.25) is 0 Å². The fraction of sp³-hybridized carbons (Fsp3) is 0.154. The zero-order chi connectivity index (χ0) is 23.5. The zero-order valence-corrected chi connectivity index (χ0v) is 17.9. The fourth-order valence-electron chi connectivity index (χ4n) is 3.17. The lowest BCUT2D eigenvalue weighted by molar-refractivity contribution is -0.386. The van der Waals surface area contributed by atoms with Crippen molar-refractivity contribution in [2.45, 2.75) is 19.4 Å². The van der Waals surface area contributed by atoms with Crippen LogP contribution >= 0.6 is 0 Å². The number of carbonyl (C=O) groups excluding carboxylic acids is 1. The van der Waals surface area contributed by atoms with E-state index in [1.54, 1.807) is 6.07 Å². The number of hydrogen-bond acceptors (Lipinski definition) is 5. The van der Waals surface area contributed by atoms with E-state index >= 15 is 0 Å². The number of aryl methyl sites for hydroxylation is 1. The lowest BCUT2D eigenvalue weighted by atomic mass is 10.1. The third kappa shape index (κ3) is 7.04. The maximum Gasteiger partial charge on any atom is 0.311 e. The van der Waals surface area contributed by atoms with Crippen molar-refractivity contribution in [1.29, 1.82) is 5.26 Å². The number of benzene rings is 3. The van der Waals surface area contributed by atoms with Crippen molar-refractivity contribution in [3.63, 3.8) is 0 Å². The number of rotatable bonds is 10. The zero-order valence-electron chi connectivity index (χ0n) is 17.9. The number of nitro groups is 1. The first-order valence-corrected chi connectivity index (χ1v) is 10.5. The average molecular weight is 441 g/mol. The Balaban J connectivity index is 1.64. The number of nitrogens with zero attached hydrogens (tertiary/aromatic N) is 2. The Hall–Kier alpha value is -4.44. The van der Waals surface area contributed by atoms with Crippen LogP contribution in [0, 0.1) is 21.4 Å². The van der Waals surface area contributed by atoms with Crippen LogP contribution in [0.2, 0.25) is 0 Å². The highest BCUT2D eigenvalue weighted by Gasteiger charge is 2.17.